The average Bonchev–Trinajstić information content (AvgIpc) is 2.56. The molecule has 0 heterocycles. The maximum atomic E-state index is 12.0. The molecule has 0 atom stereocenters. The van der Waals surface area contributed by atoms with Crippen molar-refractivity contribution in [3.05, 3.63) is 64.2 Å². The zero-order chi connectivity index (χ0) is 18.4. The minimum atomic E-state index is -1.26. The minimum Gasteiger partial charge on any atom is -0.478 e. The summed E-state index contributed by atoms with van der Waals surface area (Å²) in [6, 6.07) is 10.8. The van der Waals surface area contributed by atoms with Gasteiger partial charge in [0.05, 0.1) is 11.1 Å². The first-order valence-corrected chi connectivity index (χ1v) is 7.89. The van der Waals surface area contributed by atoms with E-state index in [1.54, 1.807) is 12.1 Å². The van der Waals surface area contributed by atoms with Crippen LogP contribution in [-0.4, -0.2) is 28.1 Å². The number of hydrogen-bond acceptors (Lipinski definition) is 3. The Balaban J connectivity index is 1.96. The monoisotopic (exact) mass is 361 g/mol. The van der Waals surface area contributed by atoms with Crippen molar-refractivity contribution in [2.75, 3.05) is 5.32 Å². The molecular formula is C18H16ClNO5. The van der Waals surface area contributed by atoms with E-state index in [0.29, 0.717) is 17.9 Å². The molecule has 0 saturated carbocycles. The molecule has 7 heteroatoms. The van der Waals surface area contributed by atoms with E-state index < -0.39 is 11.9 Å². The van der Waals surface area contributed by atoms with E-state index >= 15 is 0 Å². The number of carbonyl (C=O) groups is 3. The number of aryl methyl sites for hydroxylation is 1. The number of anilines is 1. The minimum absolute atomic E-state index is 0.147. The highest BCUT2D eigenvalue weighted by molar-refractivity contribution is 6.30. The Morgan fingerprint density at radius 3 is 2.00 bits per heavy atom. The van der Waals surface area contributed by atoms with Gasteiger partial charge in [0, 0.05) is 17.1 Å². The number of hydrogen-bond donors (Lipinski definition) is 3. The molecular weight excluding hydrogens is 346 g/mol. The van der Waals surface area contributed by atoms with Crippen LogP contribution in [0.25, 0.3) is 0 Å². The number of rotatable bonds is 7. The third-order valence-corrected chi connectivity index (χ3v) is 3.75. The fourth-order valence-electron chi connectivity index (χ4n) is 2.27. The second-order valence-corrected chi connectivity index (χ2v) is 5.87. The zero-order valence-corrected chi connectivity index (χ0v) is 13.9. The highest BCUT2D eigenvalue weighted by Crippen LogP contribution is 2.17. The second-order valence-electron chi connectivity index (χ2n) is 5.44. The summed E-state index contributed by atoms with van der Waals surface area (Å²) in [7, 11) is 0. The molecule has 25 heavy (non-hydrogen) atoms. The van der Waals surface area contributed by atoms with E-state index in [0.717, 1.165) is 11.6 Å². The van der Waals surface area contributed by atoms with Gasteiger partial charge >= 0.3 is 11.9 Å². The lowest BCUT2D eigenvalue weighted by Crippen LogP contribution is -2.13. The molecule has 2 rings (SSSR count). The van der Waals surface area contributed by atoms with Gasteiger partial charge in [0.15, 0.2) is 0 Å². The molecule has 0 aromatic heterocycles. The Kier molecular flexibility index (Phi) is 6.14. The van der Waals surface area contributed by atoms with E-state index in [-0.39, 0.29) is 29.1 Å². The van der Waals surface area contributed by atoms with Gasteiger partial charge in [-0.15, -0.1) is 0 Å². The van der Waals surface area contributed by atoms with E-state index in [1.165, 1.54) is 12.1 Å². The van der Waals surface area contributed by atoms with Crippen LogP contribution in [-0.2, 0) is 11.2 Å². The number of benzene rings is 2. The molecule has 0 aliphatic heterocycles. The molecule has 3 N–H and O–H groups in total. The number of nitrogens with one attached hydrogen (secondary N) is 1. The van der Waals surface area contributed by atoms with Crippen molar-refractivity contribution in [3.8, 4) is 0 Å². The molecule has 2 aromatic rings. The smallest absolute Gasteiger partial charge is 0.335 e. The van der Waals surface area contributed by atoms with Gasteiger partial charge in [-0.05, 0) is 48.7 Å². The van der Waals surface area contributed by atoms with Crippen LogP contribution in [0, 0.1) is 0 Å². The topological polar surface area (TPSA) is 104 Å². The Labute approximate surface area is 149 Å². The molecule has 0 aliphatic rings. The highest BCUT2D eigenvalue weighted by atomic mass is 35.5. The maximum absolute atomic E-state index is 12.0. The van der Waals surface area contributed by atoms with Crippen molar-refractivity contribution in [1.82, 2.24) is 0 Å². The fourth-order valence-corrected chi connectivity index (χ4v) is 2.40. The van der Waals surface area contributed by atoms with Crippen LogP contribution in [0.5, 0.6) is 0 Å². The van der Waals surface area contributed by atoms with Crippen LogP contribution in [0.3, 0.4) is 0 Å². The summed E-state index contributed by atoms with van der Waals surface area (Å²) in [5.74, 6) is -2.84. The van der Waals surface area contributed by atoms with Gasteiger partial charge < -0.3 is 15.5 Å². The number of carboxylic acids is 2. The van der Waals surface area contributed by atoms with E-state index in [9.17, 15) is 14.4 Å². The summed E-state index contributed by atoms with van der Waals surface area (Å²) in [5, 5.41) is 21.2. The largest absolute Gasteiger partial charge is 0.478 e. The summed E-state index contributed by atoms with van der Waals surface area (Å²) in [4.78, 5) is 34.1. The second kappa shape index (κ2) is 8.30. The first-order chi connectivity index (χ1) is 11.8. The highest BCUT2D eigenvalue weighted by Gasteiger charge is 2.13. The molecule has 130 valence electrons. The Bertz CT molecular complexity index is 769. The van der Waals surface area contributed by atoms with Crippen molar-refractivity contribution in [3.63, 3.8) is 0 Å². The Morgan fingerprint density at radius 1 is 0.920 bits per heavy atom. The summed E-state index contributed by atoms with van der Waals surface area (Å²) in [6.07, 6.45) is 1.51. The van der Waals surface area contributed by atoms with E-state index in [1.807, 2.05) is 12.1 Å². The molecule has 0 saturated heterocycles. The molecule has 0 aliphatic carbocycles. The van der Waals surface area contributed by atoms with Gasteiger partial charge in [-0.25, -0.2) is 9.59 Å². The number of halogens is 1. The van der Waals surface area contributed by atoms with Crippen molar-refractivity contribution in [2.24, 2.45) is 0 Å². The molecule has 0 fully saturated rings. The lowest BCUT2D eigenvalue weighted by molar-refractivity contribution is -0.116. The number of carbonyl (C=O) groups excluding carboxylic acids is 1. The molecule has 0 bridgehead atoms. The molecule has 6 nitrogen and oxygen atoms in total. The molecule has 1 amide bonds. The quantitative estimate of drug-likeness (QED) is 0.697. The average molecular weight is 362 g/mol. The molecule has 0 radical (unpaired) electrons. The van der Waals surface area contributed by atoms with Gasteiger partial charge in [0.2, 0.25) is 5.91 Å². The van der Waals surface area contributed by atoms with Crippen LogP contribution in [0.2, 0.25) is 5.02 Å². The fraction of sp³-hybridized carbons (Fsp3) is 0.167. The van der Waals surface area contributed by atoms with Gasteiger partial charge in [0.1, 0.15) is 0 Å². The van der Waals surface area contributed by atoms with Crippen LogP contribution in [0.15, 0.2) is 42.5 Å². The SMILES string of the molecule is O=C(CCCc1ccc(Cl)cc1)Nc1cc(C(=O)O)cc(C(=O)O)c1. The van der Waals surface area contributed by atoms with Gasteiger partial charge in [-0.1, -0.05) is 23.7 Å². The van der Waals surface area contributed by atoms with Crippen LogP contribution < -0.4 is 5.32 Å². The van der Waals surface area contributed by atoms with Crippen LogP contribution in [0.4, 0.5) is 5.69 Å². The van der Waals surface area contributed by atoms with Crippen molar-refractivity contribution < 1.29 is 24.6 Å². The van der Waals surface area contributed by atoms with Crippen LogP contribution >= 0.6 is 11.6 Å². The molecule has 0 spiro atoms. The standard InChI is InChI=1S/C18H16ClNO5/c19-14-6-4-11(5-7-14)2-1-3-16(21)20-15-9-12(17(22)23)8-13(10-15)18(24)25/h4-10H,1-3H2,(H,20,21)(H,22,23)(H,24,25). The van der Waals surface area contributed by atoms with Crippen LogP contribution in [0.1, 0.15) is 39.1 Å². The maximum Gasteiger partial charge on any atom is 0.335 e. The number of amides is 1. The third-order valence-electron chi connectivity index (χ3n) is 3.49. The predicted octanol–water partition coefficient (Wildman–Crippen LogP) is 3.70. The number of aromatic carboxylic acids is 2. The normalized spacial score (nSPS) is 10.3. The lowest BCUT2D eigenvalue weighted by atomic mass is 10.1. The summed E-state index contributed by atoms with van der Waals surface area (Å²) < 4.78 is 0. The van der Waals surface area contributed by atoms with Crippen molar-refractivity contribution in [2.45, 2.75) is 19.3 Å². The van der Waals surface area contributed by atoms with Gasteiger partial charge in [0.25, 0.3) is 0 Å². The van der Waals surface area contributed by atoms with E-state index in [2.05, 4.69) is 5.32 Å². The summed E-state index contributed by atoms with van der Waals surface area (Å²) in [6.45, 7) is 0. The molecule has 0 unspecified atom stereocenters. The lowest BCUT2D eigenvalue weighted by Gasteiger charge is -2.08. The zero-order valence-electron chi connectivity index (χ0n) is 13.2. The molecule has 2 aromatic carbocycles. The Hall–Kier alpha value is -2.86. The summed E-state index contributed by atoms with van der Waals surface area (Å²) in [5.41, 5.74) is 0.805. The van der Waals surface area contributed by atoms with Gasteiger partial charge in [-0.2, -0.15) is 0 Å². The van der Waals surface area contributed by atoms with Gasteiger partial charge in [-0.3, -0.25) is 4.79 Å². The summed E-state index contributed by atoms with van der Waals surface area (Å²) >= 11 is 5.81. The predicted molar refractivity (Wildman–Crippen MR) is 93.4 cm³/mol. The van der Waals surface area contributed by atoms with Crippen molar-refractivity contribution in [1.29, 1.82) is 0 Å². The third kappa shape index (κ3) is 5.61. The first kappa shape index (κ1) is 18.5. The Morgan fingerprint density at radius 2 is 1.48 bits per heavy atom. The first-order valence-electron chi connectivity index (χ1n) is 7.51. The number of carboxylic acid groups (broad SMARTS) is 2. The van der Waals surface area contributed by atoms with E-state index in [4.69, 9.17) is 21.8 Å². The van der Waals surface area contributed by atoms with Crippen molar-refractivity contribution >= 4 is 35.1 Å².